The minimum Gasteiger partial charge on any atom is -0.497 e. The molecule has 0 saturated carbocycles. The van der Waals surface area contributed by atoms with Gasteiger partial charge in [-0.1, -0.05) is 42.1 Å². The molecule has 8 heteroatoms. The molecule has 0 saturated heterocycles. The Bertz CT molecular complexity index is 1210. The minimum absolute atomic E-state index is 0. The first kappa shape index (κ1) is 25.3. The third kappa shape index (κ3) is 5.76. The molecule has 0 fully saturated rings. The number of thioether (sulfide) groups is 1. The number of amidine groups is 1. The van der Waals surface area contributed by atoms with Crippen LogP contribution >= 0.6 is 28.7 Å². The molecule has 6 nitrogen and oxygen atoms in total. The Hall–Kier alpha value is -3.36. The van der Waals surface area contributed by atoms with E-state index in [1.165, 1.54) is 11.8 Å². The summed E-state index contributed by atoms with van der Waals surface area (Å²) in [6.45, 7) is 0. The van der Waals surface area contributed by atoms with Gasteiger partial charge in [-0.2, -0.15) is 0 Å². The van der Waals surface area contributed by atoms with Crippen molar-refractivity contribution in [3.8, 4) is 11.5 Å². The fraction of sp³-hybridized carbons (Fsp3) is 0.115. The molecule has 174 valence electrons. The first-order valence-electron chi connectivity index (χ1n) is 10.2. The number of halogens is 1. The third-order valence-corrected chi connectivity index (χ3v) is 5.95. The Morgan fingerprint density at radius 3 is 2.09 bits per heavy atom. The maximum atomic E-state index is 13.2. The van der Waals surface area contributed by atoms with Crippen molar-refractivity contribution in [3.05, 3.63) is 95.7 Å². The standard InChI is InChI=1S/C26H22N2O4S.BrH/c1-31-21-12-8-18(9-13-21)16-23-25(30)28(20-6-4-3-5-7-20)26(27-23)33-17-24(29)19-10-14-22(32-2)15-11-19;/h3-16H,17H2,1-2H3;1H/b23-16+;. The van der Waals surface area contributed by atoms with Crippen LogP contribution in [0.2, 0.25) is 0 Å². The zero-order valence-corrected chi connectivity index (χ0v) is 21.2. The number of benzene rings is 3. The first-order chi connectivity index (χ1) is 16.1. The number of methoxy groups -OCH3 is 2. The van der Waals surface area contributed by atoms with Crippen LogP contribution in [0.1, 0.15) is 15.9 Å². The normalized spacial score (nSPS) is 13.9. The molecule has 3 aromatic carbocycles. The second kappa shape index (κ2) is 11.7. The smallest absolute Gasteiger partial charge is 0.283 e. The topological polar surface area (TPSA) is 68.2 Å². The molecule has 0 aromatic heterocycles. The van der Waals surface area contributed by atoms with E-state index < -0.39 is 0 Å². The molecule has 1 heterocycles. The van der Waals surface area contributed by atoms with Crippen molar-refractivity contribution in [1.82, 2.24) is 0 Å². The molecule has 1 amide bonds. The van der Waals surface area contributed by atoms with Gasteiger partial charge in [-0.3, -0.25) is 14.5 Å². The molecule has 3 aromatic rings. The van der Waals surface area contributed by atoms with E-state index in [1.807, 2.05) is 54.6 Å². The number of aliphatic imine (C=N–C) groups is 1. The number of para-hydroxylation sites is 1. The van der Waals surface area contributed by atoms with Crippen LogP contribution in [0.15, 0.2) is 89.6 Å². The van der Waals surface area contributed by atoms with Gasteiger partial charge in [0.05, 0.1) is 25.7 Å². The summed E-state index contributed by atoms with van der Waals surface area (Å²) in [5.74, 6) is 1.28. The molecule has 0 spiro atoms. The van der Waals surface area contributed by atoms with Gasteiger partial charge in [0.2, 0.25) is 0 Å². The van der Waals surface area contributed by atoms with E-state index >= 15 is 0 Å². The van der Waals surface area contributed by atoms with E-state index in [1.54, 1.807) is 49.5 Å². The highest BCUT2D eigenvalue weighted by Gasteiger charge is 2.32. The lowest BCUT2D eigenvalue weighted by molar-refractivity contribution is -0.113. The number of rotatable bonds is 7. The Balaban J connectivity index is 0.00000324. The van der Waals surface area contributed by atoms with Gasteiger partial charge in [0.25, 0.3) is 5.91 Å². The van der Waals surface area contributed by atoms with Gasteiger partial charge in [0, 0.05) is 5.56 Å². The number of amides is 1. The van der Waals surface area contributed by atoms with E-state index in [4.69, 9.17) is 9.47 Å². The monoisotopic (exact) mass is 538 g/mol. The lowest BCUT2D eigenvalue weighted by atomic mass is 10.1. The Labute approximate surface area is 213 Å². The van der Waals surface area contributed by atoms with Gasteiger partial charge in [-0.15, -0.1) is 17.0 Å². The van der Waals surface area contributed by atoms with Crippen LogP contribution in [0.4, 0.5) is 5.69 Å². The number of ether oxygens (including phenoxy) is 2. The van der Waals surface area contributed by atoms with Gasteiger partial charge in [0.15, 0.2) is 11.0 Å². The number of carbonyl (C=O) groups excluding carboxylic acids is 2. The molecule has 1 aliphatic rings. The molecule has 0 aliphatic carbocycles. The molecule has 0 atom stereocenters. The number of Topliss-reactive ketones (excluding diaryl/α,β-unsaturated/α-hetero) is 1. The highest BCUT2D eigenvalue weighted by molar-refractivity contribution is 8.93. The van der Waals surface area contributed by atoms with Crippen molar-refractivity contribution in [2.75, 3.05) is 24.9 Å². The van der Waals surface area contributed by atoms with Crippen LogP contribution in [0.25, 0.3) is 6.08 Å². The maximum absolute atomic E-state index is 13.2. The predicted octanol–water partition coefficient (Wildman–Crippen LogP) is 5.64. The quantitative estimate of drug-likeness (QED) is 0.287. The van der Waals surface area contributed by atoms with E-state index in [-0.39, 0.29) is 34.4 Å². The molecule has 0 bridgehead atoms. The molecule has 4 rings (SSSR count). The average Bonchev–Trinajstić information content (AvgIpc) is 3.18. The van der Waals surface area contributed by atoms with Crippen LogP contribution < -0.4 is 14.4 Å². The SMILES string of the molecule is Br.COc1ccc(/C=C2/N=C(SCC(=O)c3ccc(OC)cc3)N(c3ccccc3)C2=O)cc1. The summed E-state index contributed by atoms with van der Waals surface area (Å²) in [7, 11) is 3.18. The van der Waals surface area contributed by atoms with E-state index in [9.17, 15) is 9.59 Å². The van der Waals surface area contributed by atoms with Gasteiger partial charge in [0.1, 0.15) is 17.2 Å². The average molecular weight is 539 g/mol. The molecule has 34 heavy (non-hydrogen) atoms. The Kier molecular flexibility index (Phi) is 8.67. The summed E-state index contributed by atoms with van der Waals surface area (Å²) >= 11 is 1.24. The second-order valence-corrected chi connectivity index (χ2v) is 8.06. The lowest BCUT2D eigenvalue weighted by Gasteiger charge is -2.17. The second-order valence-electron chi connectivity index (χ2n) is 7.11. The van der Waals surface area contributed by atoms with Gasteiger partial charge in [-0.05, 0) is 60.2 Å². The van der Waals surface area contributed by atoms with Crippen molar-refractivity contribution in [1.29, 1.82) is 0 Å². The number of carbonyl (C=O) groups is 2. The van der Waals surface area contributed by atoms with Crippen molar-refractivity contribution < 1.29 is 19.1 Å². The summed E-state index contributed by atoms with van der Waals surface area (Å²) in [5, 5.41) is 0.466. The Morgan fingerprint density at radius 2 is 1.50 bits per heavy atom. The van der Waals surface area contributed by atoms with Gasteiger partial charge >= 0.3 is 0 Å². The van der Waals surface area contributed by atoms with Crippen molar-refractivity contribution in [2.24, 2.45) is 4.99 Å². The fourth-order valence-corrected chi connectivity index (χ4v) is 4.15. The molecular formula is C26H23BrN2O4S. The number of hydrogen-bond donors (Lipinski definition) is 0. The molecule has 0 N–H and O–H groups in total. The first-order valence-corrected chi connectivity index (χ1v) is 11.2. The zero-order valence-electron chi connectivity index (χ0n) is 18.6. The number of anilines is 1. The molecule has 1 aliphatic heterocycles. The van der Waals surface area contributed by atoms with Crippen molar-refractivity contribution in [2.45, 2.75) is 0 Å². The van der Waals surface area contributed by atoms with E-state index in [0.717, 1.165) is 11.3 Å². The number of nitrogens with zero attached hydrogens (tertiary/aromatic N) is 2. The van der Waals surface area contributed by atoms with Crippen LogP contribution in [0.3, 0.4) is 0 Å². The Morgan fingerprint density at radius 1 is 0.912 bits per heavy atom. The molecular weight excluding hydrogens is 516 g/mol. The van der Waals surface area contributed by atoms with Gasteiger partial charge < -0.3 is 9.47 Å². The van der Waals surface area contributed by atoms with E-state index in [0.29, 0.717) is 27.9 Å². The minimum atomic E-state index is -0.239. The summed E-state index contributed by atoms with van der Waals surface area (Å²) in [6.07, 6.45) is 1.73. The summed E-state index contributed by atoms with van der Waals surface area (Å²) in [6, 6.07) is 23.6. The summed E-state index contributed by atoms with van der Waals surface area (Å²) in [5.41, 5.74) is 2.41. The highest BCUT2D eigenvalue weighted by atomic mass is 79.9. The van der Waals surface area contributed by atoms with Crippen molar-refractivity contribution in [3.63, 3.8) is 0 Å². The fourth-order valence-electron chi connectivity index (χ4n) is 3.25. The largest absolute Gasteiger partial charge is 0.497 e. The van der Waals surface area contributed by atoms with Crippen LogP contribution in [-0.2, 0) is 4.79 Å². The molecule has 0 unspecified atom stereocenters. The van der Waals surface area contributed by atoms with E-state index in [2.05, 4.69) is 4.99 Å². The third-order valence-electron chi connectivity index (χ3n) is 5.01. The van der Waals surface area contributed by atoms with Crippen LogP contribution in [0.5, 0.6) is 11.5 Å². The summed E-state index contributed by atoms with van der Waals surface area (Å²) < 4.78 is 10.3. The predicted molar refractivity (Wildman–Crippen MR) is 142 cm³/mol. The zero-order chi connectivity index (χ0) is 23.2. The number of hydrogen-bond acceptors (Lipinski definition) is 6. The lowest BCUT2D eigenvalue weighted by Crippen LogP contribution is -2.30. The summed E-state index contributed by atoms with van der Waals surface area (Å²) in [4.78, 5) is 32.1. The number of ketones is 1. The van der Waals surface area contributed by atoms with Crippen LogP contribution in [-0.4, -0.2) is 36.8 Å². The maximum Gasteiger partial charge on any atom is 0.283 e. The van der Waals surface area contributed by atoms with Gasteiger partial charge in [-0.25, -0.2) is 4.99 Å². The van der Waals surface area contributed by atoms with Crippen LogP contribution in [0, 0.1) is 0 Å². The molecule has 0 radical (unpaired) electrons. The van der Waals surface area contributed by atoms with Crippen molar-refractivity contribution >= 4 is 57.4 Å². The highest BCUT2D eigenvalue weighted by Crippen LogP contribution is 2.30.